The first-order chi connectivity index (χ1) is 10.9. The van der Waals surface area contributed by atoms with Gasteiger partial charge in [-0.1, -0.05) is 0 Å². The minimum Gasteiger partial charge on any atom is -0.387 e. The molecule has 1 saturated heterocycles. The first-order valence-electron chi connectivity index (χ1n) is 7.59. The van der Waals surface area contributed by atoms with Gasteiger partial charge in [-0.25, -0.2) is 9.78 Å². The minimum absolute atomic E-state index is 0.371. The number of aryl methyl sites for hydroxylation is 1. The summed E-state index contributed by atoms with van der Waals surface area (Å²) in [5.41, 5.74) is -2.00. The van der Waals surface area contributed by atoms with Gasteiger partial charge in [-0.3, -0.25) is 19.2 Å². The lowest BCUT2D eigenvalue weighted by atomic mass is 9.88. The third kappa shape index (κ3) is 3.13. The molecule has 3 rings (SSSR count). The van der Waals surface area contributed by atoms with E-state index in [9.17, 15) is 14.7 Å². The molecule has 0 unspecified atom stereocenters. The number of H-pyrrole nitrogens is 1. The number of aromatic amines is 1. The molecule has 2 atom stereocenters. The second-order valence-electron chi connectivity index (χ2n) is 6.34. The summed E-state index contributed by atoms with van der Waals surface area (Å²) in [6.45, 7) is 3.53. The highest BCUT2D eigenvalue weighted by Gasteiger charge is 2.39. The molecule has 8 heteroatoms. The van der Waals surface area contributed by atoms with Gasteiger partial charge in [-0.2, -0.15) is 0 Å². The number of nitrogens with one attached hydrogen (secondary N) is 1. The van der Waals surface area contributed by atoms with Gasteiger partial charge in [-0.05, 0) is 13.3 Å². The zero-order valence-corrected chi connectivity index (χ0v) is 13.3. The van der Waals surface area contributed by atoms with E-state index in [4.69, 9.17) is 0 Å². The van der Waals surface area contributed by atoms with Gasteiger partial charge >= 0.3 is 5.69 Å². The molecule has 23 heavy (non-hydrogen) atoms. The minimum atomic E-state index is -1.08. The molecule has 1 aliphatic rings. The lowest BCUT2D eigenvalue weighted by Crippen LogP contribution is -2.54. The molecule has 1 fully saturated rings. The van der Waals surface area contributed by atoms with E-state index in [-0.39, 0.29) is 6.04 Å². The SMILES string of the molecule is Cn1ccnc1CN1CC[C@@H](n2ccc(=O)[nH]c2=O)[C@](C)(O)C1. The molecule has 0 bridgehead atoms. The van der Waals surface area contributed by atoms with Crippen molar-refractivity contribution in [3.8, 4) is 0 Å². The van der Waals surface area contributed by atoms with Gasteiger partial charge in [0.15, 0.2) is 0 Å². The molecule has 0 radical (unpaired) electrons. The summed E-state index contributed by atoms with van der Waals surface area (Å²) in [5.74, 6) is 0.931. The van der Waals surface area contributed by atoms with Crippen LogP contribution in [0.15, 0.2) is 34.2 Å². The maximum atomic E-state index is 12.0. The number of aromatic nitrogens is 4. The number of hydrogen-bond acceptors (Lipinski definition) is 5. The molecule has 0 aliphatic carbocycles. The average Bonchev–Trinajstić information content (AvgIpc) is 2.85. The van der Waals surface area contributed by atoms with Crippen LogP contribution in [0.3, 0.4) is 0 Å². The Balaban J connectivity index is 1.79. The number of imidazole rings is 1. The Morgan fingerprint density at radius 3 is 2.83 bits per heavy atom. The van der Waals surface area contributed by atoms with Crippen LogP contribution in [0.2, 0.25) is 0 Å². The van der Waals surface area contributed by atoms with Crippen molar-refractivity contribution >= 4 is 0 Å². The summed E-state index contributed by atoms with van der Waals surface area (Å²) in [5, 5.41) is 10.8. The zero-order chi connectivity index (χ0) is 16.6. The fourth-order valence-corrected chi connectivity index (χ4v) is 3.25. The zero-order valence-electron chi connectivity index (χ0n) is 13.3. The summed E-state index contributed by atoms with van der Waals surface area (Å²) in [6.07, 6.45) is 5.71. The molecule has 2 N–H and O–H groups in total. The number of hydrogen-bond donors (Lipinski definition) is 2. The third-order valence-corrected chi connectivity index (χ3v) is 4.45. The predicted molar refractivity (Wildman–Crippen MR) is 84.1 cm³/mol. The highest BCUT2D eigenvalue weighted by Crippen LogP contribution is 2.31. The van der Waals surface area contributed by atoms with Gasteiger partial charge in [-0.15, -0.1) is 0 Å². The Kier molecular flexibility index (Phi) is 3.95. The van der Waals surface area contributed by atoms with Gasteiger partial charge < -0.3 is 9.67 Å². The van der Waals surface area contributed by atoms with E-state index in [0.717, 1.165) is 12.4 Å². The molecule has 0 aromatic carbocycles. The Labute approximate surface area is 133 Å². The van der Waals surface area contributed by atoms with Crippen molar-refractivity contribution in [3.05, 3.63) is 51.3 Å². The standard InChI is InChI=1S/C15H21N5O3/c1-15(23)10-19(9-12-16-5-8-18(12)2)6-3-11(15)20-7-4-13(21)17-14(20)22/h4-5,7-8,11,23H,3,6,9-10H2,1-2H3,(H,17,21,22)/t11-,15-/m1/s1. The van der Waals surface area contributed by atoms with E-state index in [2.05, 4.69) is 14.9 Å². The van der Waals surface area contributed by atoms with Gasteiger partial charge in [0.05, 0.1) is 18.2 Å². The maximum Gasteiger partial charge on any atom is 0.328 e. The molecule has 0 amide bonds. The van der Waals surface area contributed by atoms with Crippen LogP contribution in [0, 0.1) is 0 Å². The predicted octanol–water partition coefficient (Wildman–Crippen LogP) is -0.532. The van der Waals surface area contributed by atoms with Crippen LogP contribution < -0.4 is 11.2 Å². The molecule has 2 aromatic rings. The maximum absolute atomic E-state index is 12.0. The van der Waals surface area contributed by atoms with Crippen molar-refractivity contribution in [2.75, 3.05) is 13.1 Å². The topological polar surface area (TPSA) is 96.2 Å². The molecule has 2 aromatic heterocycles. The Hall–Kier alpha value is -2.19. The van der Waals surface area contributed by atoms with Crippen molar-refractivity contribution in [2.45, 2.75) is 31.5 Å². The molecule has 3 heterocycles. The van der Waals surface area contributed by atoms with Crippen LogP contribution >= 0.6 is 0 Å². The Bertz CT molecular complexity index is 804. The van der Waals surface area contributed by atoms with Crippen LogP contribution in [-0.4, -0.2) is 47.8 Å². The molecule has 1 aliphatic heterocycles. The smallest absolute Gasteiger partial charge is 0.328 e. The second-order valence-corrected chi connectivity index (χ2v) is 6.34. The molecule has 0 spiro atoms. The van der Waals surface area contributed by atoms with Crippen LogP contribution in [-0.2, 0) is 13.6 Å². The van der Waals surface area contributed by atoms with E-state index >= 15 is 0 Å². The molecule has 0 saturated carbocycles. The highest BCUT2D eigenvalue weighted by atomic mass is 16.3. The Morgan fingerprint density at radius 2 is 2.22 bits per heavy atom. The lowest BCUT2D eigenvalue weighted by molar-refractivity contribution is -0.0610. The number of rotatable bonds is 3. The van der Waals surface area contributed by atoms with Crippen molar-refractivity contribution in [2.24, 2.45) is 7.05 Å². The van der Waals surface area contributed by atoms with Crippen molar-refractivity contribution in [1.29, 1.82) is 0 Å². The van der Waals surface area contributed by atoms with Crippen LogP contribution in [0.5, 0.6) is 0 Å². The monoisotopic (exact) mass is 319 g/mol. The number of piperidine rings is 1. The van der Waals surface area contributed by atoms with Crippen molar-refractivity contribution in [3.63, 3.8) is 0 Å². The summed E-state index contributed by atoms with van der Waals surface area (Å²) in [4.78, 5) is 31.8. The molecular weight excluding hydrogens is 298 g/mol. The van der Waals surface area contributed by atoms with Crippen molar-refractivity contribution in [1.82, 2.24) is 24.0 Å². The first kappa shape index (κ1) is 15.7. The fraction of sp³-hybridized carbons (Fsp3) is 0.533. The van der Waals surface area contributed by atoms with Crippen LogP contribution in [0.4, 0.5) is 0 Å². The summed E-state index contributed by atoms with van der Waals surface area (Å²) < 4.78 is 3.37. The van der Waals surface area contributed by atoms with E-state index in [1.807, 2.05) is 17.8 Å². The number of aliphatic hydroxyl groups is 1. The summed E-state index contributed by atoms with van der Waals surface area (Å²) >= 11 is 0. The van der Waals surface area contributed by atoms with Gasteiger partial charge in [0.1, 0.15) is 5.82 Å². The molecular formula is C15H21N5O3. The number of nitrogens with zero attached hydrogens (tertiary/aromatic N) is 4. The summed E-state index contributed by atoms with van der Waals surface area (Å²) in [6, 6.07) is 0.932. The fourth-order valence-electron chi connectivity index (χ4n) is 3.25. The van der Waals surface area contributed by atoms with Crippen LogP contribution in [0.25, 0.3) is 0 Å². The third-order valence-electron chi connectivity index (χ3n) is 4.45. The average molecular weight is 319 g/mol. The van der Waals surface area contributed by atoms with Crippen molar-refractivity contribution < 1.29 is 5.11 Å². The second kappa shape index (κ2) is 5.78. The Morgan fingerprint density at radius 1 is 1.43 bits per heavy atom. The van der Waals surface area contributed by atoms with Gasteiger partial charge in [0.2, 0.25) is 0 Å². The summed E-state index contributed by atoms with van der Waals surface area (Å²) in [7, 11) is 1.94. The highest BCUT2D eigenvalue weighted by molar-refractivity contribution is 4.99. The number of likely N-dealkylation sites (tertiary alicyclic amines) is 1. The normalized spacial score (nSPS) is 25.6. The quantitative estimate of drug-likeness (QED) is 0.793. The van der Waals surface area contributed by atoms with Crippen LogP contribution in [0.1, 0.15) is 25.2 Å². The van der Waals surface area contributed by atoms with E-state index in [1.54, 1.807) is 13.1 Å². The number of β-amino-alcohol motifs (C(OH)–C–C–N with tert-alkyl or cyclic N) is 1. The van der Waals surface area contributed by atoms with E-state index < -0.39 is 16.9 Å². The molecule has 8 nitrogen and oxygen atoms in total. The van der Waals surface area contributed by atoms with E-state index in [1.165, 1.54) is 16.8 Å². The molecule has 124 valence electrons. The lowest BCUT2D eigenvalue weighted by Gasteiger charge is -2.43. The van der Waals surface area contributed by atoms with Gasteiger partial charge in [0.25, 0.3) is 5.56 Å². The van der Waals surface area contributed by atoms with E-state index in [0.29, 0.717) is 19.5 Å². The largest absolute Gasteiger partial charge is 0.387 e. The first-order valence-corrected chi connectivity index (χ1v) is 7.59. The van der Waals surface area contributed by atoms with Gasteiger partial charge in [0, 0.05) is 44.8 Å².